The second kappa shape index (κ2) is 13.3. The van der Waals surface area contributed by atoms with E-state index in [1.54, 1.807) is 0 Å². The van der Waals surface area contributed by atoms with Crippen LogP contribution in [0.15, 0.2) is 24.3 Å². The van der Waals surface area contributed by atoms with Crippen LogP contribution in [0.4, 0.5) is 0 Å². The van der Waals surface area contributed by atoms with Gasteiger partial charge in [0.25, 0.3) is 0 Å². The zero-order valence-electron chi connectivity index (χ0n) is 21.6. The summed E-state index contributed by atoms with van der Waals surface area (Å²) in [6.45, 7) is 6.26. The molecule has 3 aliphatic rings. The van der Waals surface area contributed by atoms with Gasteiger partial charge in [-0.3, -0.25) is 0 Å². The molecular weight excluding hydrogens is 404 g/mol. The van der Waals surface area contributed by atoms with Gasteiger partial charge in [-0.2, -0.15) is 0 Å². The van der Waals surface area contributed by atoms with Crippen molar-refractivity contribution >= 4 is 0 Å². The lowest BCUT2D eigenvalue weighted by molar-refractivity contribution is -0.206. The van der Waals surface area contributed by atoms with Crippen molar-refractivity contribution in [3.05, 3.63) is 35.4 Å². The van der Waals surface area contributed by atoms with Crippen molar-refractivity contribution in [3.8, 4) is 0 Å². The Morgan fingerprint density at radius 1 is 0.606 bits per heavy atom. The van der Waals surface area contributed by atoms with Gasteiger partial charge in [-0.15, -0.1) is 0 Å². The Morgan fingerprint density at radius 3 is 1.76 bits per heavy atom. The molecule has 2 nitrogen and oxygen atoms in total. The topological polar surface area (TPSA) is 18.5 Å². The van der Waals surface area contributed by atoms with Crippen molar-refractivity contribution in [3.63, 3.8) is 0 Å². The largest absolute Gasteiger partial charge is 0.348 e. The number of rotatable bonds is 10. The Bertz CT molecular complexity index is 644. The lowest BCUT2D eigenvalue weighted by atomic mass is 9.68. The Hall–Kier alpha value is -0.860. The highest BCUT2D eigenvalue weighted by atomic mass is 16.7. The van der Waals surface area contributed by atoms with Crippen LogP contribution >= 0.6 is 0 Å². The Morgan fingerprint density at radius 2 is 1.15 bits per heavy atom. The number of unbranched alkanes of at least 4 members (excludes halogenated alkanes) is 3. The van der Waals surface area contributed by atoms with Crippen LogP contribution in [0.5, 0.6) is 0 Å². The van der Waals surface area contributed by atoms with Gasteiger partial charge in [-0.1, -0.05) is 89.5 Å². The number of benzene rings is 1. The molecule has 1 heterocycles. The second-order valence-electron chi connectivity index (χ2n) is 11.6. The first-order valence-electron chi connectivity index (χ1n) is 14.6. The molecule has 0 atom stereocenters. The fourth-order valence-electron chi connectivity index (χ4n) is 6.88. The van der Waals surface area contributed by atoms with Crippen LogP contribution < -0.4 is 0 Å². The van der Waals surface area contributed by atoms with Gasteiger partial charge in [-0.25, -0.2) is 0 Å². The van der Waals surface area contributed by atoms with E-state index in [2.05, 4.69) is 38.1 Å². The van der Waals surface area contributed by atoms with E-state index in [1.807, 2.05) is 0 Å². The molecule has 2 saturated carbocycles. The van der Waals surface area contributed by atoms with Gasteiger partial charge < -0.3 is 9.47 Å². The maximum Gasteiger partial charge on any atom is 0.183 e. The van der Waals surface area contributed by atoms with Crippen molar-refractivity contribution in [2.75, 3.05) is 13.2 Å². The monoisotopic (exact) mass is 454 g/mol. The molecular formula is C31H50O2. The molecule has 1 aromatic carbocycles. The van der Waals surface area contributed by atoms with Gasteiger partial charge in [0.1, 0.15) is 0 Å². The Labute approximate surface area is 204 Å². The van der Waals surface area contributed by atoms with Gasteiger partial charge in [-0.05, 0) is 74.2 Å². The summed E-state index contributed by atoms with van der Waals surface area (Å²) in [5.41, 5.74) is 2.73. The Kier molecular flexibility index (Phi) is 10.2. The standard InChI is InChI=1S/C31H50O2/c1-3-5-7-9-24-10-12-26(13-11-24)27-14-16-28(17-15-27)29-18-20-30(21-19-29)31-32-22-25(23-33-31)8-6-4-2/h18-21,24-28,31H,3-17,22-23H2,1-2H3. The smallest absolute Gasteiger partial charge is 0.183 e. The molecule has 0 unspecified atom stereocenters. The zero-order chi connectivity index (χ0) is 22.9. The highest BCUT2D eigenvalue weighted by Crippen LogP contribution is 2.44. The van der Waals surface area contributed by atoms with Gasteiger partial charge in [0.2, 0.25) is 0 Å². The lowest BCUT2D eigenvalue weighted by Gasteiger charge is -2.38. The molecule has 4 rings (SSSR count). The number of ether oxygens (including phenoxy) is 2. The molecule has 1 aliphatic heterocycles. The number of hydrogen-bond acceptors (Lipinski definition) is 2. The summed E-state index contributed by atoms with van der Waals surface area (Å²) in [5.74, 6) is 4.40. The third-order valence-corrected chi connectivity index (χ3v) is 9.16. The summed E-state index contributed by atoms with van der Waals surface area (Å²) in [6.07, 6.45) is 21.1. The average molecular weight is 455 g/mol. The molecule has 0 aromatic heterocycles. The molecule has 1 aromatic rings. The summed E-state index contributed by atoms with van der Waals surface area (Å²) in [6, 6.07) is 9.24. The second-order valence-corrected chi connectivity index (χ2v) is 11.6. The highest BCUT2D eigenvalue weighted by molar-refractivity contribution is 5.26. The van der Waals surface area contributed by atoms with Crippen LogP contribution in [0.2, 0.25) is 0 Å². The first kappa shape index (κ1) is 25.2. The van der Waals surface area contributed by atoms with Crippen LogP contribution in [0.1, 0.15) is 133 Å². The molecule has 0 N–H and O–H groups in total. The van der Waals surface area contributed by atoms with Crippen LogP contribution in [0.3, 0.4) is 0 Å². The van der Waals surface area contributed by atoms with Gasteiger partial charge >= 0.3 is 0 Å². The average Bonchev–Trinajstić information content (AvgIpc) is 2.89. The van der Waals surface area contributed by atoms with E-state index in [0.717, 1.165) is 36.9 Å². The summed E-state index contributed by atoms with van der Waals surface area (Å²) in [7, 11) is 0. The van der Waals surface area contributed by atoms with Crippen LogP contribution in [0.25, 0.3) is 0 Å². The van der Waals surface area contributed by atoms with E-state index >= 15 is 0 Å². The number of hydrogen-bond donors (Lipinski definition) is 0. The highest BCUT2D eigenvalue weighted by Gasteiger charge is 2.31. The van der Waals surface area contributed by atoms with E-state index in [9.17, 15) is 0 Å². The first-order valence-corrected chi connectivity index (χ1v) is 14.6. The predicted molar refractivity (Wildman–Crippen MR) is 138 cm³/mol. The van der Waals surface area contributed by atoms with Crippen molar-refractivity contribution in [1.82, 2.24) is 0 Å². The summed E-state index contributed by atoms with van der Waals surface area (Å²) < 4.78 is 12.1. The third-order valence-electron chi connectivity index (χ3n) is 9.16. The zero-order valence-corrected chi connectivity index (χ0v) is 21.6. The first-order chi connectivity index (χ1) is 16.3. The van der Waals surface area contributed by atoms with E-state index < -0.39 is 0 Å². The third kappa shape index (κ3) is 7.31. The Balaban J connectivity index is 1.18. The van der Waals surface area contributed by atoms with Gasteiger partial charge in [0.15, 0.2) is 6.29 Å². The maximum atomic E-state index is 6.05. The summed E-state index contributed by atoms with van der Waals surface area (Å²) in [5, 5.41) is 0. The van der Waals surface area contributed by atoms with Crippen molar-refractivity contribution in [2.24, 2.45) is 23.7 Å². The fourth-order valence-corrected chi connectivity index (χ4v) is 6.88. The van der Waals surface area contributed by atoms with E-state index in [1.165, 1.54) is 107 Å². The fraction of sp³-hybridized carbons (Fsp3) is 0.806. The molecule has 33 heavy (non-hydrogen) atoms. The molecule has 0 bridgehead atoms. The van der Waals surface area contributed by atoms with Crippen LogP contribution in [-0.4, -0.2) is 13.2 Å². The normalized spacial score (nSPS) is 33.2. The van der Waals surface area contributed by atoms with Gasteiger partial charge in [0, 0.05) is 11.5 Å². The molecule has 186 valence electrons. The van der Waals surface area contributed by atoms with Crippen LogP contribution in [-0.2, 0) is 9.47 Å². The van der Waals surface area contributed by atoms with Gasteiger partial charge in [0.05, 0.1) is 13.2 Å². The van der Waals surface area contributed by atoms with E-state index in [0.29, 0.717) is 5.92 Å². The molecule has 2 aliphatic carbocycles. The maximum absolute atomic E-state index is 6.05. The predicted octanol–water partition coefficient (Wildman–Crippen LogP) is 9.20. The molecule has 0 amide bonds. The molecule has 0 radical (unpaired) electrons. The van der Waals surface area contributed by atoms with E-state index in [4.69, 9.17) is 9.47 Å². The van der Waals surface area contributed by atoms with Crippen LogP contribution in [0, 0.1) is 23.7 Å². The van der Waals surface area contributed by atoms with Crippen molar-refractivity contribution in [1.29, 1.82) is 0 Å². The molecule has 3 fully saturated rings. The SMILES string of the molecule is CCCCCC1CCC(C2CCC(c3ccc(C4OCC(CCCC)CO4)cc3)CC2)CC1. The summed E-state index contributed by atoms with van der Waals surface area (Å²) in [4.78, 5) is 0. The molecule has 2 heteroatoms. The minimum atomic E-state index is -0.162. The van der Waals surface area contributed by atoms with Crippen molar-refractivity contribution < 1.29 is 9.47 Å². The lowest BCUT2D eigenvalue weighted by Crippen LogP contribution is -2.27. The summed E-state index contributed by atoms with van der Waals surface area (Å²) >= 11 is 0. The van der Waals surface area contributed by atoms with Crippen molar-refractivity contribution in [2.45, 2.75) is 122 Å². The minimum Gasteiger partial charge on any atom is -0.348 e. The minimum absolute atomic E-state index is 0.162. The molecule has 0 spiro atoms. The quantitative estimate of drug-likeness (QED) is 0.328. The van der Waals surface area contributed by atoms with E-state index in [-0.39, 0.29) is 6.29 Å². The molecule has 1 saturated heterocycles.